The second-order valence-corrected chi connectivity index (χ2v) is 4.86. The topological polar surface area (TPSA) is 20.9 Å². The molecule has 0 aliphatic rings. The van der Waals surface area contributed by atoms with Crippen LogP contribution in [0.5, 0.6) is 0 Å². The van der Waals surface area contributed by atoms with Crippen LogP contribution in [-0.4, -0.2) is 5.78 Å². The van der Waals surface area contributed by atoms with Gasteiger partial charge in [0, 0.05) is 22.2 Å². The molecule has 0 aliphatic heterocycles. The number of Topliss-reactive ketones (excluding diaryl/α,β-unsaturated/α-hetero) is 1. The third-order valence-corrected chi connectivity index (χ3v) is 3.56. The zero-order valence-corrected chi connectivity index (χ0v) is 11.3. The molecule has 0 radical (unpaired) electrons. The fourth-order valence-electron chi connectivity index (χ4n) is 1.47. The Hall–Kier alpha value is -1.19. The van der Waals surface area contributed by atoms with E-state index in [1.807, 2.05) is 35.2 Å². The quantitative estimate of drug-likeness (QED) is 0.629. The predicted octanol–water partition coefficient (Wildman–Crippen LogP) is 3.27. The zero-order chi connectivity index (χ0) is 12.3. The molecule has 0 fully saturated rings. The van der Waals surface area contributed by atoms with Crippen LogP contribution in [0.15, 0.2) is 53.3 Å². The molecule has 2 aromatic rings. The third kappa shape index (κ3) is 3.14. The molecule has 1 heterocycles. The van der Waals surface area contributed by atoms with Crippen molar-refractivity contribution in [3.8, 4) is 0 Å². The van der Waals surface area contributed by atoms with Crippen LogP contribution in [0.3, 0.4) is 0 Å². The molecular weight excluding hydrogens is 302 g/mol. The van der Waals surface area contributed by atoms with Crippen LogP contribution in [0.4, 0.5) is 0 Å². The molecule has 0 spiro atoms. The monoisotopic (exact) mass is 310 g/mol. The van der Waals surface area contributed by atoms with Gasteiger partial charge in [-0.3, -0.25) is 4.79 Å². The third-order valence-electron chi connectivity index (χ3n) is 2.35. The molecule has 0 unspecified atom stereocenters. The Kier molecular flexibility index (Phi) is 3.92. The molecule has 0 saturated carbocycles. The Morgan fingerprint density at radius 1 is 1.24 bits per heavy atom. The lowest BCUT2D eigenvalue weighted by atomic mass is 10.1. The summed E-state index contributed by atoms with van der Waals surface area (Å²) >= 11 is 9.19. The Morgan fingerprint density at radius 2 is 1.94 bits per heavy atom. The summed E-state index contributed by atoms with van der Waals surface area (Å²) in [6, 6.07) is 10.9. The van der Waals surface area contributed by atoms with Crippen LogP contribution in [0.2, 0.25) is 5.02 Å². The summed E-state index contributed by atoms with van der Waals surface area (Å²) in [5.41, 5.74) is 0.651. The molecule has 4 heteroatoms. The van der Waals surface area contributed by atoms with Gasteiger partial charge in [-0.15, -0.1) is 0 Å². The molecule has 0 bridgehead atoms. The van der Waals surface area contributed by atoms with E-state index in [-0.39, 0.29) is 5.78 Å². The molecule has 17 heavy (non-hydrogen) atoms. The zero-order valence-electron chi connectivity index (χ0n) is 8.94. The molecule has 0 atom stereocenters. The van der Waals surface area contributed by atoms with Crippen LogP contribution < -0.4 is 4.57 Å². The van der Waals surface area contributed by atoms with Crippen molar-refractivity contribution in [1.82, 2.24) is 0 Å². The average molecular weight is 312 g/mol. The summed E-state index contributed by atoms with van der Waals surface area (Å²) < 4.78 is 2.58. The number of carbonyl (C=O) groups excluding carboxylic acids is 1. The Balaban J connectivity index is 2.18. The normalized spacial score (nSPS) is 10.2. The largest absolute Gasteiger partial charge is 0.287 e. The van der Waals surface area contributed by atoms with E-state index in [4.69, 9.17) is 11.6 Å². The highest BCUT2D eigenvalue weighted by atomic mass is 79.9. The second kappa shape index (κ2) is 5.43. The minimum absolute atomic E-state index is 0.0542. The van der Waals surface area contributed by atoms with Gasteiger partial charge in [-0.1, -0.05) is 17.7 Å². The van der Waals surface area contributed by atoms with Crippen molar-refractivity contribution >= 4 is 33.3 Å². The smallest absolute Gasteiger partial charge is 0.227 e. The van der Waals surface area contributed by atoms with Gasteiger partial charge in [0.25, 0.3) is 0 Å². The van der Waals surface area contributed by atoms with Gasteiger partial charge in [-0.2, -0.15) is 4.57 Å². The maximum absolute atomic E-state index is 12.0. The number of aromatic nitrogens is 1. The van der Waals surface area contributed by atoms with E-state index in [1.54, 1.807) is 18.2 Å². The number of halogens is 2. The first-order valence-electron chi connectivity index (χ1n) is 5.09. The highest BCUT2D eigenvalue weighted by Crippen LogP contribution is 2.23. The minimum Gasteiger partial charge on any atom is -0.287 e. The van der Waals surface area contributed by atoms with Crippen molar-refractivity contribution < 1.29 is 9.36 Å². The van der Waals surface area contributed by atoms with Crippen LogP contribution in [0.1, 0.15) is 10.4 Å². The summed E-state index contributed by atoms with van der Waals surface area (Å²) in [6.45, 7) is 0.328. The van der Waals surface area contributed by atoms with E-state index in [2.05, 4.69) is 15.9 Å². The van der Waals surface area contributed by atoms with E-state index >= 15 is 0 Å². The van der Waals surface area contributed by atoms with Crippen LogP contribution in [-0.2, 0) is 6.54 Å². The van der Waals surface area contributed by atoms with Gasteiger partial charge in [0.05, 0.1) is 5.02 Å². The number of ketones is 1. The van der Waals surface area contributed by atoms with Gasteiger partial charge in [-0.05, 0) is 34.1 Å². The van der Waals surface area contributed by atoms with E-state index in [1.165, 1.54) is 0 Å². The number of pyridine rings is 1. The first-order valence-corrected chi connectivity index (χ1v) is 6.26. The predicted molar refractivity (Wildman–Crippen MR) is 70.1 cm³/mol. The van der Waals surface area contributed by atoms with Gasteiger partial charge < -0.3 is 0 Å². The second-order valence-electron chi connectivity index (χ2n) is 3.60. The number of benzene rings is 1. The number of hydrogen-bond donors (Lipinski definition) is 0. The standard InChI is InChI=1S/C13H10BrClNO/c14-11-8-10(4-5-12(11)15)13(17)9-16-6-2-1-3-7-16/h1-8H,9H2/q+1. The van der Waals surface area contributed by atoms with Crippen LogP contribution in [0.25, 0.3) is 0 Å². The summed E-state index contributed by atoms with van der Waals surface area (Å²) in [6.07, 6.45) is 3.73. The van der Waals surface area contributed by atoms with Crippen LogP contribution in [0, 0.1) is 0 Å². The molecule has 1 aromatic heterocycles. The molecule has 2 nitrogen and oxygen atoms in total. The molecule has 0 saturated heterocycles. The van der Waals surface area contributed by atoms with Crippen molar-refractivity contribution in [3.63, 3.8) is 0 Å². The van der Waals surface area contributed by atoms with Crippen molar-refractivity contribution in [1.29, 1.82) is 0 Å². The summed E-state index contributed by atoms with van der Waals surface area (Å²) in [4.78, 5) is 12.0. The molecule has 0 N–H and O–H groups in total. The number of rotatable bonds is 3. The maximum atomic E-state index is 12.0. The van der Waals surface area contributed by atoms with Gasteiger partial charge >= 0.3 is 0 Å². The van der Waals surface area contributed by atoms with Crippen molar-refractivity contribution in [3.05, 3.63) is 63.9 Å². The fraction of sp³-hybridized carbons (Fsp3) is 0.0769. The lowest BCUT2D eigenvalue weighted by molar-refractivity contribution is -0.683. The highest BCUT2D eigenvalue weighted by molar-refractivity contribution is 9.10. The Morgan fingerprint density at radius 3 is 2.59 bits per heavy atom. The molecule has 0 amide bonds. The van der Waals surface area contributed by atoms with Crippen molar-refractivity contribution in [2.24, 2.45) is 0 Å². The van der Waals surface area contributed by atoms with E-state index in [9.17, 15) is 4.79 Å². The highest BCUT2D eigenvalue weighted by Gasteiger charge is 2.12. The van der Waals surface area contributed by atoms with Crippen molar-refractivity contribution in [2.45, 2.75) is 6.54 Å². The SMILES string of the molecule is O=C(C[n+]1ccccc1)c1ccc(Cl)c(Br)c1. The molecule has 86 valence electrons. The first-order chi connectivity index (χ1) is 8.16. The first kappa shape index (κ1) is 12.3. The molecule has 2 rings (SSSR count). The number of hydrogen-bond acceptors (Lipinski definition) is 1. The minimum atomic E-state index is 0.0542. The lowest BCUT2D eigenvalue weighted by Crippen LogP contribution is -2.36. The van der Waals surface area contributed by atoms with Gasteiger partial charge in [0.15, 0.2) is 12.4 Å². The summed E-state index contributed by atoms with van der Waals surface area (Å²) in [7, 11) is 0. The maximum Gasteiger partial charge on any atom is 0.227 e. The van der Waals surface area contributed by atoms with Gasteiger partial charge in [0.2, 0.25) is 12.3 Å². The van der Waals surface area contributed by atoms with E-state index in [0.29, 0.717) is 17.1 Å². The number of nitrogens with zero attached hydrogens (tertiary/aromatic N) is 1. The van der Waals surface area contributed by atoms with Gasteiger partial charge in [-0.25, -0.2) is 0 Å². The Labute approximate surface area is 113 Å². The molecule has 1 aromatic carbocycles. The number of carbonyl (C=O) groups is 1. The van der Waals surface area contributed by atoms with E-state index < -0.39 is 0 Å². The average Bonchev–Trinajstić information content (AvgIpc) is 2.34. The van der Waals surface area contributed by atoms with Crippen LogP contribution >= 0.6 is 27.5 Å². The Bertz CT molecular complexity index is 542. The lowest BCUT2D eigenvalue weighted by Gasteiger charge is -2.00. The molecular formula is C13H10BrClNO+. The molecule has 0 aliphatic carbocycles. The fourth-order valence-corrected chi connectivity index (χ4v) is 1.96. The van der Waals surface area contributed by atoms with E-state index in [0.717, 1.165) is 4.47 Å². The summed E-state index contributed by atoms with van der Waals surface area (Å²) in [5.74, 6) is 0.0542. The van der Waals surface area contributed by atoms with Gasteiger partial charge in [0.1, 0.15) is 0 Å². The summed E-state index contributed by atoms with van der Waals surface area (Å²) in [5, 5.41) is 0.605. The van der Waals surface area contributed by atoms with Crippen molar-refractivity contribution in [2.75, 3.05) is 0 Å².